The van der Waals surface area contributed by atoms with Crippen LogP contribution in [-0.4, -0.2) is 0 Å². The number of rotatable bonds is 1. The molecule has 0 aliphatic heterocycles. The molecule has 0 saturated carbocycles. The maximum Gasteiger partial charge on any atom is 0.137 e. The van der Waals surface area contributed by atoms with Crippen molar-refractivity contribution in [3.63, 3.8) is 0 Å². The Balaban J connectivity index is 2.53. The molecule has 0 unspecified atom stereocenters. The first kappa shape index (κ1) is 7.98. The summed E-state index contributed by atoms with van der Waals surface area (Å²) in [5.41, 5.74) is 0.270. The van der Waals surface area contributed by atoms with Gasteiger partial charge in [0.1, 0.15) is 17.4 Å². The quantitative estimate of drug-likeness (QED) is 0.656. The first-order valence-corrected chi connectivity index (χ1v) is 3.76. The molecule has 3 heteroatoms. The van der Waals surface area contributed by atoms with Crippen LogP contribution in [0.5, 0.6) is 0 Å². The van der Waals surface area contributed by atoms with E-state index in [9.17, 15) is 8.78 Å². The smallest absolute Gasteiger partial charge is 0.137 e. The lowest BCUT2D eigenvalue weighted by atomic mass is 10.1. The van der Waals surface area contributed by atoms with Gasteiger partial charge in [0.25, 0.3) is 0 Å². The Morgan fingerprint density at radius 3 is 2.54 bits per heavy atom. The Morgan fingerprint density at radius 2 is 1.92 bits per heavy atom. The molecule has 0 amide bonds. The molecule has 0 N–H and O–H groups in total. The van der Waals surface area contributed by atoms with Gasteiger partial charge in [-0.05, 0) is 24.3 Å². The third-order valence-corrected chi connectivity index (χ3v) is 1.72. The maximum absolute atomic E-state index is 13.1. The number of furan rings is 1. The molecule has 0 fully saturated rings. The highest BCUT2D eigenvalue weighted by molar-refractivity contribution is 5.57. The molecule has 1 nitrogen and oxygen atoms in total. The second kappa shape index (κ2) is 3.01. The summed E-state index contributed by atoms with van der Waals surface area (Å²) in [7, 11) is 0. The lowest BCUT2D eigenvalue weighted by molar-refractivity contribution is 0.560. The molecule has 2 rings (SSSR count). The molecule has 1 heterocycles. The number of hydrogen-bond donors (Lipinski definition) is 0. The minimum absolute atomic E-state index is 0.270. The minimum atomic E-state index is -0.616. The van der Waals surface area contributed by atoms with Crippen LogP contribution in [0.15, 0.2) is 41.0 Å². The van der Waals surface area contributed by atoms with Gasteiger partial charge in [-0.2, -0.15) is 0 Å². The molecule has 66 valence electrons. The van der Waals surface area contributed by atoms with Gasteiger partial charge in [-0.25, -0.2) is 8.78 Å². The summed E-state index contributed by atoms with van der Waals surface area (Å²) >= 11 is 0. The zero-order valence-electron chi connectivity index (χ0n) is 6.63. The molecule has 1 aromatic carbocycles. The predicted molar refractivity (Wildman–Crippen MR) is 44.1 cm³/mol. The van der Waals surface area contributed by atoms with Crippen LogP contribution in [-0.2, 0) is 0 Å². The van der Waals surface area contributed by atoms with E-state index in [1.807, 2.05) is 0 Å². The summed E-state index contributed by atoms with van der Waals surface area (Å²) in [6.45, 7) is 0. The monoisotopic (exact) mass is 180 g/mol. The lowest BCUT2D eigenvalue weighted by Gasteiger charge is -1.98. The van der Waals surface area contributed by atoms with Gasteiger partial charge < -0.3 is 4.42 Å². The summed E-state index contributed by atoms with van der Waals surface area (Å²) in [6.07, 6.45) is 1.44. The maximum atomic E-state index is 13.1. The average molecular weight is 180 g/mol. The Bertz CT molecular complexity index is 407. The molecule has 0 radical (unpaired) electrons. The van der Waals surface area contributed by atoms with Crippen LogP contribution in [0, 0.1) is 11.6 Å². The van der Waals surface area contributed by atoms with Crippen molar-refractivity contribution in [2.24, 2.45) is 0 Å². The molecular weight excluding hydrogens is 174 g/mol. The first-order chi connectivity index (χ1) is 6.27. The SMILES string of the molecule is Fc1ccc(-c2ccco2)c(F)c1. The van der Waals surface area contributed by atoms with Gasteiger partial charge in [0.15, 0.2) is 0 Å². The van der Waals surface area contributed by atoms with E-state index in [1.54, 1.807) is 12.1 Å². The fourth-order valence-electron chi connectivity index (χ4n) is 1.12. The first-order valence-electron chi connectivity index (χ1n) is 3.76. The molecular formula is C10H6F2O. The molecule has 0 saturated heterocycles. The van der Waals surface area contributed by atoms with Crippen molar-refractivity contribution in [3.05, 3.63) is 48.2 Å². The Morgan fingerprint density at radius 1 is 1.08 bits per heavy atom. The third-order valence-electron chi connectivity index (χ3n) is 1.72. The summed E-state index contributed by atoms with van der Waals surface area (Å²) < 4.78 is 30.6. The lowest BCUT2D eigenvalue weighted by Crippen LogP contribution is -1.83. The number of hydrogen-bond acceptors (Lipinski definition) is 1. The Hall–Kier alpha value is -1.64. The van der Waals surface area contributed by atoms with E-state index in [-0.39, 0.29) is 5.56 Å². The van der Waals surface area contributed by atoms with Gasteiger partial charge in [0.05, 0.1) is 11.8 Å². The van der Waals surface area contributed by atoms with Crippen LogP contribution in [0.4, 0.5) is 8.78 Å². The van der Waals surface area contributed by atoms with E-state index in [2.05, 4.69) is 0 Å². The van der Waals surface area contributed by atoms with Crippen molar-refractivity contribution >= 4 is 0 Å². The van der Waals surface area contributed by atoms with Crippen molar-refractivity contribution in [2.45, 2.75) is 0 Å². The zero-order chi connectivity index (χ0) is 9.26. The standard InChI is InChI=1S/C10H6F2O/c11-7-3-4-8(9(12)6-7)10-2-1-5-13-10/h1-6H. The van der Waals surface area contributed by atoms with Crippen LogP contribution in [0.3, 0.4) is 0 Å². The van der Waals surface area contributed by atoms with Gasteiger partial charge in [-0.3, -0.25) is 0 Å². The molecule has 0 spiro atoms. The summed E-state index contributed by atoms with van der Waals surface area (Å²) in [5, 5.41) is 0. The highest BCUT2D eigenvalue weighted by Gasteiger charge is 2.07. The Labute approximate surface area is 73.6 Å². The van der Waals surface area contributed by atoms with Crippen LogP contribution < -0.4 is 0 Å². The van der Waals surface area contributed by atoms with Gasteiger partial charge in [-0.15, -0.1) is 0 Å². The summed E-state index contributed by atoms with van der Waals surface area (Å²) in [4.78, 5) is 0. The average Bonchev–Trinajstić information content (AvgIpc) is 2.56. The van der Waals surface area contributed by atoms with Gasteiger partial charge in [-0.1, -0.05) is 0 Å². The van der Waals surface area contributed by atoms with E-state index in [0.29, 0.717) is 5.76 Å². The van der Waals surface area contributed by atoms with E-state index < -0.39 is 11.6 Å². The predicted octanol–water partition coefficient (Wildman–Crippen LogP) is 3.22. The van der Waals surface area contributed by atoms with Gasteiger partial charge in [0.2, 0.25) is 0 Å². The molecule has 0 aliphatic rings. The minimum Gasteiger partial charge on any atom is -0.464 e. The zero-order valence-corrected chi connectivity index (χ0v) is 6.63. The van der Waals surface area contributed by atoms with Crippen molar-refractivity contribution in [2.75, 3.05) is 0 Å². The van der Waals surface area contributed by atoms with Crippen molar-refractivity contribution in [1.82, 2.24) is 0 Å². The molecule has 2 aromatic rings. The second-order valence-electron chi connectivity index (χ2n) is 2.60. The molecule has 0 atom stereocenters. The van der Waals surface area contributed by atoms with Crippen LogP contribution in [0.2, 0.25) is 0 Å². The summed E-state index contributed by atoms with van der Waals surface area (Å²) in [6, 6.07) is 6.65. The highest BCUT2D eigenvalue weighted by Crippen LogP contribution is 2.23. The van der Waals surface area contributed by atoms with Gasteiger partial charge >= 0.3 is 0 Å². The highest BCUT2D eigenvalue weighted by atomic mass is 19.1. The fraction of sp³-hybridized carbons (Fsp3) is 0. The largest absolute Gasteiger partial charge is 0.464 e. The van der Waals surface area contributed by atoms with Crippen LogP contribution >= 0.6 is 0 Å². The molecule has 1 aromatic heterocycles. The van der Waals surface area contributed by atoms with Gasteiger partial charge in [0, 0.05) is 6.07 Å². The number of benzene rings is 1. The number of halogens is 2. The molecule has 0 aliphatic carbocycles. The Kier molecular flexibility index (Phi) is 1.85. The fourth-order valence-corrected chi connectivity index (χ4v) is 1.12. The molecule has 0 bridgehead atoms. The van der Waals surface area contributed by atoms with Crippen LogP contribution in [0.25, 0.3) is 11.3 Å². The van der Waals surface area contributed by atoms with E-state index in [4.69, 9.17) is 4.42 Å². The van der Waals surface area contributed by atoms with Crippen molar-refractivity contribution < 1.29 is 13.2 Å². The molecule has 13 heavy (non-hydrogen) atoms. The van der Waals surface area contributed by atoms with Crippen molar-refractivity contribution in [3.8, 4) is 11.3 Å². The van der Waals surface area contributed by atoms with E-state index in [0.717, 1.165) is 6.07 Å². The third kappa shape index (κ3) is 1.45. The van der Waals surface area contributed by atoms with E-state index >= 15 is 0 Å². The second-order valence-corrected chi connectivity index (χ2v) is 2.60. The summed E-state index contributed by atoms with van der Waals surface area (Å²) in [5.74, 6) is -0.805. The van der Waals surface area contributed by atoms with Crippen molar-refractivity contribution in [1.29, 1.82) is 0 Å². The topological polar surface area (TPSA) is 13.1 Å². The normalized spacial score (nSPS) is 10.3. The van der Waals surface area contributed by atoms with E-state index in [1.165, 1.54) is 18.4 Å². The van der Waals surface area contributed by atoms with Crippen LogP contribution in [0.1, 0.15) is 0 Å².